The lowest BCUT2D eigenvalue weighted by Crippen LogP contribution is -2.45. The first kappa shape index (κ1) is 17.3. The van der Waals surface area contributed by atoms with E-state index in [1.807, 2.05) is 0 Å². The maximum Gasteiger partial charge on any atom is 0.325 e. The first-order valence-electron chi connectivity index (χ1n) is 8.21. The lowest BCUT2D eigenvalue weighted by atomic mass is 9.98. The summed E-state index contributed by atoms with van der Waals surface area (Å²) in [5.74, 6) is -2.45. The van der Waals surface area contributed by atoms with Gasteiger partial charge < -0.3 is 10.6 Å². The number of halogens is 2. The topological polar surface area (TPSA) is 78.5 Å². The molecule has 1 spiro atoms. The van der Waals surface area contributed by atoms with E-state index in [0.29, 0.717) is 12.8 Å². The fraction of sp³-hybridized carbons (Fsp3) is 0.471. The molecule has 134 valence electrons. The van der Waals surface area contributed by atoms with Crippen molar-refractivity contribution < 1.29 is 23.2 Å². The van der Waals surface area contributed by atoms with Gasteiger partial charge in [0.05, 0.1) is 6.04 Å². The van der Waals surface area contributed by atoms with Crippen molar-refractivity contribution in [1.29, 1.82) is 0 Å². The lowest BCUT2D eigenvalue weighted by Gasteiger charge is -2.20. The third-order valence-corrected chi connectivity index (χ3v) is 4.81. The number of nitrogens with zero attached hydrogens (tertiary/aromatic N) is 1. The summed E-state index contributed by atoms with van der Waals surface area (Å²) >= 11 is 0. The number of hydrogen-bond acceptors (Lipinski definition) is 3. The molecule has 1 atom stereocenters. The van der Waals surface area contributed by atoms with Crippen LogP contribution in [0.2, 0.25) is 0 Å². The van der Waals surface area contributed by atoms with Gasteiger partial charge in [-0.15, -0.1) is 0 Å². The van der Waals surface area contributed by atoms with Gasteiger partial charge in [-0.3, -0.25) is 14.5 Å². The summed E-state index contributed by atoms with van der Waals surface area (Å²) in [5, 5.41) is 5.22. The number of hydrogen-bond donors (Lipinski definition) is 2. The number of rotatable bonds is 4. The first-order chi connectivity index (χ1) is 11.8. The van der Waals surface area contributed by atoms with Crippen LogP contribution in [0.5, 0.6) is 0 Å². The Bertz CT molecular complexity index is 732. The van der Waals surface area contributed by atoms with Crippen LogP contribution in [-0.2, 0) is 9.59 Å². The van der Waals surface area contributed by atoms with E-state index < -0.39 is 41.7 Å². The fourth-order valence-electron chi connectivity index (χ4n) is 3.50. The second-order valence-corrected chi connectivity index (χ2v) is 6.57. The molecule has 2 fully saturated rings. The highest BCUT2D eigenvalue weighted by Crippen LogP contribution is 2.34. The highest BCUT2D eigenvalue weighted by molar-refractivity contribution is 6.09. The van der Waals surface area contributed by atoms with E-state index in [1.54, 1.807) is 6.92 Å². The molecule has 8 heteroatoms. The second-order valence-electron chi connectivity index (χ2n) is 6.57. The molecule has 4 amide bonds. The Hall–Kier alpha value is -2.51. The Morgan fingerprint density at radius 1 is 1.32 bits per heavy atom. The minimum Gasteiger partial charge on any atom is -0.348 e. The summed E-state index contributed by atoms with van der Waals surface area (Å²) in [6.45, 7) is 1.11. The van der Waals surface area contributed by atoms with Crippen LogP contribution in [0, 0.1) is 11.6 Å². The van der Waals surface area contributed by atoms with E-state index in [0.717, 1.165) is 29.9 Å². The summed E-state index contributed by atoms with van der Waals surface area (Å²) < 4.78 is 26.7. The predicted octanol–water partition coefficient (Wildman–Crippen LogP) is 2.01. The zero-order valence-electron chi connectivity index (χ0n) is 13.8. The maximum atomic E-state index is 13.8. The Labute approximate surface area is 143 Å². The largest absolute Gasteiger partial charge is 0.348 e. The van der Waals surface area contributed by atoms with E-state index in [-0.39, 0.29) is 11.5 Å². The molecule has 1 aliphatic heterocycles. The standard InChI is InChI=1S/C17H19F2N3O3/c1-10(12-5-4-11(18)8-13(12)19)20-14(23)9-22-15(24)17(21-16(22)25)6-2-3-7-17/h4-5,8,10H,2-3,6-7,9H2,1H3,(H,20,23)(H,21,25). The quantitative estimate of drug-likeness (QED) is 0.815. The monoisotopic (exact) mass is 351 g/mol. The Balaban J connectivity index is 1.64. The van der Waals surface area contributed by atoms with Gasteiger partial charge in [-0.25, -0.2) is 13.6 Å². The molecule has 3 rings (SSSR count). The van der Waals surface area contributed by atoms with Gasteiger partial charge in [0.25, 0.3) is 5.91 Å². The third-order valence-electron chi connectivity index (χ3n) is 4.81. The summed E-state index contributed by atoms with van der Waals surface area (Å²) in [7, 11) is 0. The van der Waals surface area contributed by atoms with Crippen molar-refractivity contribution in [3.8, 4) is 0 Å². The van der Waals surface area contributed by atoms with Crippen molar-refractivity contribution >= 4 is 17.8 Å². The smallest absolute Gasteiger partial charge is 0.325 e. The van der Waals surface area contributed by atoms with Crippen molar-refractivity contribution in [1.82, 2.24) is 15.5 Å². The SMILES string of the molecule is CC(NC(=O)CN1C(=O)NC2(CCCC2)C1=O)c1ccc(F)cc1F. The van der Waals surface area contributed by atoms with Gasteiger partial charge >= 0.3 is 6.03 Å². The van der Waals surface area contributed by atoms with Crippen LogP contribution < -0.4 is 10.6 Å². The zero-order valence-corrected chi connectivity index (χ0v) is 13.8. The molecular weight excluding hydrogens is 332 g/mol. The van der Waals surface area contributed by atoms with E-state index in [2.05, 4.69) is 10.6 Å². The first-order valence-corrected chi connectivity index (χ1v) is 8.21. The Morgan fingerprint density at radius 3 is 2.64 bits per heavy atom. The van der Waals surface area contributed by atoms with Crippen LogP contribution in [0.4, 0.5) is 13.6 Å². The van der Waals surface area contributed by atoms with E-state index >= 15 is 0 Å². The average Bonchev–Trinajstić information content (AvgIpc) is 3.08. The average molecular weight is 351 g/mol. The van der Waals surface area contributed by atoms with Gasteiger partial charge in [0, 0.05) is 11.6 Å². The number of urea groups is 1. The second kappa shape index (κ2) is 6.42. The normalized spacial score (nSPS) is 20.0. The minimum atomic E-state index is -0.869. The number of imide groups is 1. The predicted molar refractivity (Wildman–Crippen MR) is 84.4 cm³/mol. The van der Waals surface area contributed by atoms with E-state index in [9.17, 15) is 23.2 Å². The molecule has 1 saturated heterocycles. The van der Waals surface area contributed by atoms with Gasteiger partial charge in [-0.1, -0.05) is 18.9 Å². The van der Waals surface area contributed by atoms with E-state index in [1.165, 1.54) is 6.07 Å². The molecular formula is C17H19F2N3O3. The maximum absolute atomic E-state index is 13.8. The number of carbonyl (C=O) groups is 3. The number of amides is 4. The number of benzene rings is 1. The molecule has 2 aliphatic rings. The van der Waals surface area contributed by atoms with Crippen LogP contribution in [0.15, 0.2) is 18.2 Å². The van der Waals surface area contributed by atoms with Crippen molar-refractivity contribution in [2.75, 3.05) is 6.54 Å². The summed E-state index contributed by atoms with van der Waals surface area (Å²) in [6, 6.07) is 1.77. The minimum absolute atomic E-state index is 0.124. The molecule has 1 aromatic carbocycles. The van der Waals surface area contributed by atoms with Gasteiger partial charge in [0.1, 0.15) is 23.7 Å². The number of carbonyl (C=O) groups excluding carboxylic acids is 3. The zero-order chi connectivity index (χ0) is 18.2. The molecule has 25 heavy (non-hydrogen) atoms. The van der Waals surface area contributed by atoms with Crippen LogP contribution in [0.3, 0.4) is 0 Å². The third kappa shape index (κ3) is 3.20. The van der Waals surface area contributed by atoms with E-state index in [4.69, 9.17) is 0 Å². The van der Waals surface area contributed by atoms with Crippen LogP contribution in [-0.4, -0.2) is 34.8 Å². The summed E-state index contributed by atoms with van der Waals surface area (Å²) in [4.78, 5) is 37.6. The fourth-order valence-corrected chi connectivity index (χ4v) is 3.50. The highest BCUT2D eigenvalue weighted by atomic mass is 19.1. The summed E-state index contributed by atoms with van der Waals surface area (Å²) in [5.41, 5.74) is -0.745. The Morgan fingerprint density at radius 2 is 2.00 bits per heavy atom. The molecule has 1 saturated carbocycles. The number of nitrogens with one attached hydrogen (secondary N) is 2. The van der Waals surface area contributed by atoms with Crippen molar-refractivity contribution in [3.63, 3.8) is 0 Å². The van der Waals surface area contributed by atoms with Crippen molar-refractivity contribution in [2.24, 2.45) is 0 Å². The van der Waals surface area contributed by atoms with Crippen LogP contribution in [0.25, 0.3) is 0 Å². The molecule has 0 radical (unpaired) electrons. The molecule has 0 bridgehead atoms. The molecule has 1 heterocycles. The van der Waals surface area contributed by atoms with Gasteiger partial charge in [-0.2, -0.15) is 0 Å². The van der Waals surface area contributed by atoms with Crippen molar-refractivity contribution in [3.05, 3.63) is 35.4 Å². The molecule has 1 aliphatic carbocycles. The van der Waals surface area contributed by atoms with Gasteiger partial charge in [0.15, 0.2) is 0 Å². The molecule has 1 unspecified atom stereocenters. The molecule has 0 aromatic heterocycles. The highest BCUT2D eigenvalue weighted by Gasteiger charge is 2.52. The molecule has 1 aromatic rings. The molecule has 2 N–H and O–H groups in total. The van der Waals surface area contributed by atoms with Gasteiger partial charge in [0.2, 0.25) is 5.91 Å². The Kier molecular flexibility index (Phi) is 4.45. The lowest BCUT2D eigenvalue weighted by molar-refractivity contribution is -0.135. The van der Waals surface area contributed by atoms with Gasteiger partial charge in [-0.05, 0) is 25.8 Å². The van der Waals surface area contributed by atoms with Crippen LogP contribution in [0.1, 0.15) is 44.2 Å². The summed E-state index contributed by atoms with van der Waals surface area (Å²) in [6.07, 6.45) is 2.86. The van der Waals surface area contributed by atoms with Crippen LogP contribution >= 0.6 is 0 Å². The van der Waals surface area contributed by atoms with Crippen molar-refractivity contribution in [2.45, 2.75) is 44.2 Å². The molecule has 6 nitrogen and oxygen atoms in total.